The van der Waals surface area contributed by atoms with Gasteiger partial charge in [-0.2, -0.15) is 0 Å². The van der Waals surface area contributed by atoms with E-state index in [0.717, 1.165) is 23.4 Å². The molecule has 3 amide bonds. The van der Waals surface area contributed by atoms with Crippen molar-refractivity contribution < 1.29 is 14.3 Å². The van der Waals surface area contributed by atoms with Gasteiger partial charge in [-0.15, -0.1) is 10.2 Å². The molecule has 1 saturated carbocycles. The largest absolute Gasteiger partial charge is 0.453 e. The van der Waals surface area contributed by atoms with Crippen molar-refractivity contribution in [3.8, 4) is 0 Å². The van der Waals surface area contributed by atoms with Crippen molar-refractivity contribution in [3.05, 3.63) is 34.8 Å². The van der Waals surface area contributed by atoms with Crippen molar-refractivity contribution in [1.29, 1.82) is 0 Å². The molecule has 1 aromatic heterocycles. The predicted octanol–water partition coefficient (Wildman–Crippen LogP) is 2.92. The quantitative estimate of drug-likeness (QED) is 0.771. The van der Waals surface area contributed by atoms with Gasteiger partial charge in [0, 0.05) is 18.2 Å². The first-order chi connectivity index (χ1) is 11.6. The lowest BCUT2D eigenvalue weighted by Gasteiger charge is -2.07. The number of hydrogen-bond acceptors (Lipinski definition) is 6. The number of anilines is 2. The van der Waals surface area contributed by atoms with Crippen LogP contribution in [0.5, 0.6) is 0 Å². The molecule has 0 spiro atoms. The van der Waals surface area contributed by atoms with Gasteiger partial charge in [0.05, 0.1) is 7.11 Å². The number of methoxy groups -OCH3 is 1. The van der Waals surface area contributed by atoms with Crippen molar-refractivity contribution in [2.75, 3.05) is 17.7 Å². The van der Waals surface area contributed by atoms with Gasteiger partial charge >= 0.3 is 12.1 Å². The van der Waals surface area contributed by atoms with Crippen LogP contribution >= 0.6 is 11.3 Å². The maximum atomic E-state index is 11.9. The van der Waals surface area contributed by atoms with E-state index in [-0.39, 0.29) is 6.03 Å². The highest BCUT2D eigenvalue weighted by Gasteiger charge is 2.27. The van der Waals surface area contributed by atoms with Crippen LogP contribution in [0.3, 0.4) is 0 Å². The lowest BCUT2D eigenvalue weighted by molar-refractivity contribution is 0.187. The summed E-state index contributed by atoms with van der Waals surface area (Å²) in [5, 5.41) is 17.5. The van der Waals surface area contributed by atoms with E-state index in [1.807, 2.05) is 12.1 Å². The van der Waals surface area contributed by atoms with Gasteiger partial charge in [0.15, 0.2) is 0 Å². The Bertz CT molecular complexity index is 727. The molecule has 8 nitrogen and oxygen atoms in total. The average molecular weight is 347 g/mol. The van der Waals surface area contributed by atoms with Crippen molar-refractivity contribution in [3.63, 3.8) is 0 Å². The van der Waals surface area contributed by atoms with Crippen LogP contribution in [0.2, 0.25) is 0 Å². The highest BCUT2D eigenvalue weighted by molar-refractivity contribution is 7.15. The monoisotopic (exact) mass is 347 g/mol. The SMILES string of the molecule is COC(=O)Nc1ccc(CNC(=O)Nc2nnc(C3CC3)s2)cc1. The number of urea groups is 1. The molecule has 2 aromatic rings. The second-order valence-corrected chi connectivity index (χ2v) is 6.35. The molecule has 0 saturated heterocycles. The van der Waals surface area contributed by atoms with Crippen LogP contribution in [0, 0.1) is 0 Å². The van der Waals surface area contributed by atoms with Crippen LogP contribution in [0.25, 0.3) is 0 Å². The molecule has 1 aromatic carbocycles. The van der Waals surface area contributed by atoms with Crippen LogP contribution < -0.4 is 16.0 Å². The number of nitrogens with zero attached hydrogens (tertiary/aromatic N) is 2. The molecule has 126 valence electrons. The first kappa shape index (κ1) is 16.2. The van der Waals surface area contributed by atoms with Crippen molar-refractivity contribution in [1.82, 2.24) is 15.5 Å². The fourth-order valence-corrected chi connectivity index (χ4v) is 2.89. The highest BCUT2D eigenvalue weighted by Crippen LogP contribution is 2.41. The number of benzene rings is 1. The van der Waals surface area contributed by atoms with E-state index in [4.69, 9.17) is 0 Å². The summed E-state index contributed by atoms with van der Waals surface area (Å²) in [5.74, 6) is 0.526. The first-order valence-electron chi connectivity index (χ1n) is 7.46. The summed E-state index contributed by atoms with van der Waals surface area (Å²) < 4.78 is 4.51. The Kier molecular flexibility index (Phi) is 4.90. The first-order valence-corrected chi connectivity index (χ1v) is 8.28. The average Bonchev–Trinajstić information content (AvgIpc) is 3.34. The van der Waals surface area contributed by atoms with E-state index in [9.17, 15) is 9.59 Å². The van der Waals surface area contributed by atoms with Crippen molar-refractivity contribution in [2.24, 2.45) is 0 Å². The number of carbonyl (C=O) groups is 2. The van der Waals surface area contributed by atoms with Gasteiger partial charge < -0.3 is 10.1 Å². The van der Waals surface area contributed by atoms with E-state index in [1.165, 1.54) is 18.4 Å². The van der Waals surface area contributed by atoms with Gasteiger partial charge in [-0.05, 0) is 30.5 Å². The Hall–Kier alpha value is -2.68. The van der Waals surface area contributed by atoms with E-state index < -0.39 is 6.09 Å². The molecule has 0 radical (unpaired) electrons. The Balaban J connectivity index is 1.45. The molecule has 1 aliphatic carbocycles. The molecule has 1 fully saturated rings. The lowest BCUT2D eigenvalue weighted by Crippen LogP contribution is -2.28. The second kappa shape index (κ2) is 7.26. The summed E-state index contributed by atoms with van der Waals surface area (Å²) >= 11 is 1.42. The zero-order valence-corrected chi connectivity index (χ0v) is 13.9. The number of nitrogens with one attached hydrogen (secondary N) is 3. The Morgan fingerprint density at radius 2 is 1.96 bits per heavy atom. The minimum absolute atomic E-state index is 0.328. The summed E-state index contributed by atoms with van der Waals surface area (Å²) in [6, 6.07) is 6.76. The topological polar surface area (TPSA) is 105 Å². The van der Waals surface area contributed by atoms with Crippen LogP contribution in [0.15, 0.2) is 24.3 Å². The molecule has 0 atom stereocenters. The zero-order valence-electron chi connectivity index (χ0n) is 13.0. The number of ether oxygens (including phenoxy) is 1. The van der Waals surface area contributed by atoms with Gasteiger partial charge in [-0.25, -0.2) is 9.59 Å². The standard InChI is InChI=1S/C15H17N5O3S/c1-23-15(22)17-11-6-2-9(3-7-11)8-16-13(21)18-14-20-19-12(24-14)10-4-5-10/h2-3,6-7,10H,4-5,8H2,1H3,(H,17,22)(H2,16,18,20,21). The molecule has 3 N–H and O–H groups in total. The third-order valence-electron chi connectivity index (χ3n) is 3.43. The van der Waals surface area contributed by atoms with Crippen molar-refractivity contribution >= 4 is 34.3 Å². The number of hydrogen-bond donors (Lipinski definition) is 3. The number of amides is 3. The van der Waals surface area contributed by atoms with Crippen LogP contribution in [0.1, 0.15) is 29.3 Å². The Labute approximate surface area is 142 Å². The van der Waals surface area contributed by atoms with E-state index >= 15 is 0 Å². The fourth-order valence-electron chi connectivity index (χ4n) is 1.98. The Morgan fingerprint density at radius 1 is 1.21 bits per heavy atom. The summed E-state index contributed by atoms with van der Waals surface area (Å²) in [4.78, 5) is 23.0. The summed E-state index contributed by atoms with van der Waals surface area (Å²) in [7, 11) is 1.30. The van der Waals surface area contributed by atoms with E-state index in [1.54, 1.807) is 12.1 Å². The predicted molar refractivity (Wildman–Crippen MR) is 90.2 cm³/mol. The fraction of sp³-hybridized carbons (Fsp3) is 0.333. The highest BCUT2D eigenvalue weighted by atomic mass is 32.1. The summed E-state index contributed by atoms with van der Waals surface area (Å²) in [5.41, 5.74) is 1.52. The van der Waals surface area contributed by atoms with Gasteiger partial charge in [-0.1, -0.05) is 23.5 Å². The summed E-state index contributed by atoms with van der Waals surface area (Å²) in [6.45, 7) is 0.360. The van der Waals surface area contributed by atoms with E-state index in [0.29, 0.717) is 23.3 Å². The molecule has 1 aliphatic rings. The number of carbonyl (C=O) groups excluding carboxylic acids is 2. The second-order valence-electron chi connectivity index (χ2n) is 5.34. The third-order valence-corrected chi connectivity index (χ3v) is 4.43. The summed E-state index contributed by atoms with van der Waals surface area (Å²) in [6.07, 6.45) is 1.78. The maximum absolute atomic E-state index is 11.9. The zero-order chi connectivity index (χ0) is 16.9. The smallest absolute Gasteiger partial charge is 0.411 e. The van der Waals surface area contributed by atoms with Gasteiger partial charge in [0.1, 0.15) is 5.01 Å². The number of aromatic nitrogens is 2. The molecule has 0 bridgehead atoms. The molecule has 9 heteroatoms. The van der Waals surface area contributed by atoms with Crippen LogP contribution in [-0.2, 0) is 11.3 Å². The molecule has 3 rings (SSSR count). The van der Waals surface area contributed by atoms with Crippen molar-refractivity contribution in [2.45, 2.75) is 25.3 Å². The molecule has 0 unspecified atom stereocenters. The van der Waals surface area contributed by atoms with Crippen LogP contribution in [-0.4, -0.2) is 29.4 Å². The van der Waals surface area contributed by atoms with Gasteiger partial charge in [0.2, 0.25) is 5.13 Å². The minimum Gasteiger partial charge on any atom is -0.453 e. The molecule has 1 heterocycles. The normalized spacial score (nSPS) is 13.2. The van der Waals surface area contributed by atoms with Gasteiger partial charge in [-0.3, -0.25) is 10.6 Å². The maximum Gasteiger partial charge on any atom is 0.411 e. The molecular formula is C15H17N5O3S. The van der Waals surface area contributed by atoms with E-state index in [2.05, 4.69) is 30.9 Å². The Morgan fingerprint density at radius 3 is 2.62 bits per heavy atom. The number of rotatable bonds is 5. The lowest BCUT2D eigenvalue weighted by atomic mass is 10.2. The van der Waals surface area contributed by atoms with Gasteiger partial charge in [0.25, 0.3) is 0 Å². The van der Waals surface area contributed by atoms with Crippen LogP contribution in [0.4, 0.5) is 20.4 Å². The molecular weight excluding hydrogens is 330 g/mol. The minimum atomic E-state index is -0.525. The molecule has 24 heavy (non-hydrogen) atoms. The third kappa shape index (κ3) is 4.42. The molecule has 0 aliphatic heterocycles.